The zero-order valence-corrected chi connectivity index (χ0v) is 16.6. The second-order valence-corrected chi connectivity index (χ2v) is 9.19. The van der Waals surface area contributed by atoms with Crippen molar-refractivity contribution in [2.24, 2.45) is 16.7 Å². The number of ketones is 1. The predicted octanol–water partition coefficient (Wildman–Crippen LogP) is 3.60. The molecule has 1 aromatic rings. The highest BCUT2D eigenvalue weighted by Crippen LogP contribution is 2.68. The molecule has 1 saturated carbocycles. The fourth-order valence-electron chi connectivity index (χ4n) is 6.49. The number of hydrogen-bond acceptors (Lipinski definition) is 3. The summed E-state index contributed by atoms with van der Waals surface area (Å²) in [7, 11) is 2.04. The summed E-state index contributed by atoms with van der Waals surface area (Å²) in [6, 6.07) is 8.11. The fourth-order valence-corrected chi connectivity index (χ4v) is 6.49. The molecular formula is C22H30N2O2. The first-order valence-corrected chi connectivity index (χ1v) is 9.90. The maximum atomic E-state index is 13.9. The number of carbonyl (C=O) groups excluding carboxylic acids is 2. The van der Waals surface area contributed by atoms with Gasteiger partial charge in [0.2, 0.25) is 0 Å². The third-order valence-corrected chi connectivity index (χ3v) is 7.46. The second-order valence-electron chi connectivity index (χ2n) is 9.19. The van der Waals surface area contributed by atoms with Crippen LogP contribution in [-0.2, 0) is 15.1 Å². The van der Waals surface area contributed by atoms with E-state index in [4.69, 9.17) is 0 Å². The number of benzene rings is 1. The lowest BCUT2D eigenvalue weighted by Gasteiger charge is -2.51. The van der Waals surface area contributed by atoms with Gasteiger partial charge in [0.15, 0.2) is 0 Å². The lowest BCUT2D eigenvalue weighted by Crippen LogP contribution is -2.63. The molecule has 0 N–H and O–H groups in total. The molecule has 140 valence electrons. The van der Waals surface area contributed by atoms with Crippen molar-refractivity contribution in [1.29, 1.82) is 0 Å². The molecule has 4 heteroatoms. The Labute approximate surface area is 156 Å². The largest absolute Gasteiger partial charge is 0.310 e. The van der Waals surface area contributed by atoms with Gasteiger partial charge in [0, 0.05) is 30.8 Å². The molecule has 0 bridgehead atoms. The van der Waals surface area contributed by atoms with Crippen LogP contribution in [0.1, 0.15) is 52.5 Å². The van der Waals surface area contributed by atoms with E-state index < -0.39 is 11.0 Å². The molecule has 1 saturated heterocycles. The number of rotatable bonds is 1. The number of amides is 1. The van der Waals surface area contributed by atoms with E-state index >= 15 is 0 Å². The van der Waals surface area contributed by atoms with E-state index in [1.54, 1.807) is 0 Å². The van der Waals surface area contributed by atoms with E-state index in [2.05, 4.69) is 31.7 Å². The van der Waals surface area contributed by atoms with Gasteiger partial charge >= 0.3 is 0 Å². The molecule has 2 spiro atoms. The van der Waals surface area contributed by atoms with Crippen LogP contribution in [0.3, 0.4) is 0 Å². The van der Waals surface area contributed by atoms with Gasteiger partial charge in [-0.25, -0.2) is 0 Å². The van der Waals surface area contributed by atoms with Gasteiger partial charge in [0.25, 0.3) is 5.91 Å². The molecule has 4 nitrogen and oxygen atoms in total. The molecular weight excluding hydrogens is 324 g/mol. The molecule has 3 aliphatic rings. The Morgan fingerprint density at radius 1 is 1.19 bits per heavy atom. The third-order valence-electron chi connectivity index (χ3n) is 7.46. The Hall–Kier alpha value is -1.68. The van der Waals surface area contributed by atoms with E-state index in [1.165, 1.54) is 0 Å². The highest BCUT2D eigenvalue weighted by molar-refractivity contribution is 6.12. The molecule has 2 heterocycles. The van der Waals surface area contributed by atoms with E-state index in [-0.39, 0.29) is 17.1 Å². The molecule has 0 radical (unpaired) electrons. The highest BCUT2D eigenvalue weighted by Gasteiger charge is 2.76. The minimum Gasteiger partial charge on any atom is -0.310 e. The molecule has 2 aliphatic heterocycles. The summed E-state index contributed by atoms with van der Waals surface area (Å²) in [5, 5.41) is 0. The van der Waals surface area contributed by atoms with Gasteiger partial charge in [-0.3, -0.25) is 14.5 Å². The molecule has 2 unspecified atom stereocenters. The summed E-state index contributed by atoms with van der Waals surface area (Å²) in [4.78, 5) is 31.7. The first-order valence-electron chi connectivity index (χ1n) is 9.90. The first-order chi connectivity index (χ1) is 12.2. The molecule has 1 aromatic carbocycles. The normalized spacial score (nSPS) is 36.3. The number of likely N-dealkylation sites (tertiary alicyclic amines) is 1. The molecule has 3 atom stereocenters. The molecule has 1 aliphatic carbocycles. The number of likely N-dealkylation sites (N-methyl/N-ethyl adjacent to an activating group) is 2. The minimum atomic E-state index is -0.861. The summed E-state index contributed by atoms with van der Waals surface area (Å²) in [6.07, 6.45) is 2.38. The lowest BCUT2D eigenvalue weighted by atomic mass is 9.50. The third kappa shape index (κ3) is 1.74. The van der Waals surface area contributed by atoms with E-state index in [9.17, 15) is 9.59 Å². The molecule has 4 rings (SSSR count). The second kappa shape index (κ2) is 5.41. The van der Waals surface area contributed by atoms with Crippen LogP contribution in [0, 0.1) is 16.7 Å². The van der Waals surface area contributed by atoms with Crippen molar-refractivity contribution in [2.45, 2.75) is 52.5 Å². The Morgan fingerprint density at radius 2 is 1.88 bits per heavy atom. The Balaban J connectivity index is 2.05. The van der Waals surface area contributed by atoms with Crippen molar-refractivity contribution in [3.63, 3.8) is 0 Å². The van der Waals surface area contributed by atoms with Gasteiger partial charge < -0.3 is 4.90 Å². The van der Waals surface area contributed by atoms with Gasteiger partial charge in [-0.2, -0.15) is 0 Å². The number of carbonyl (C=O) groups is 2. The number of Topliss-reactive ketones (excluding diaryl/α,β-unsaturated/α-hetero) is 1. The van der Waals surface area contributed by atoms with Crippen molar-refractivity contribution < 1.29 is 9.59 Å². The van der Waals surface area contributed by atoms with E-state index in [0.717, 1.165) is 30.6 Å². The Kier molecular flexibility index (Phi) is 3.69. The van der Waals surface area contributed by atoms with Crippen LogP contribution in [0.2, 0.25) is 0 Å². The van der Waals surface area contributed by atoms with Crippen LogP contribution in [0.5, 0.6) is 0 Å². The predicted molar refractivity (Wildman–Crippen MR) is 103 cm³/mol. The highest BCUT2D eigenvalue weighted by atomic mass is 16.2. The molecule has 26 heavy (non-hydrogen) atoms. The van der Waals surface area contributed by atoms with Crippen LogP contribution < -0.4 is 4.90 Å². The van der Waals surface area contributed by atoms with Crippen molar-refractivity contribution >= 4 is 17.4 Å². The molecule has 1 amide bonds. The van der Waals surface area contributed by atoms with Crippen molar-refractivity contribution in [3.05, 3.63) is 29.8 Å². The zero-order chi connectivity index (χ0) is 18.9. The van der Waals surface area contributed by atoms with Crippen LogP contribution >= 0.6 is 0 Å². The van der Waals surface area contributed by atoms with Crippen molar-refractivity contribution in [3.8, 4) is 0 Å². The van der Waals surface area contributed by atoms with Gasteiger partial charge in [-0.1, -0.05) is 39.0 Å². The summed E-state index contributed by atoms with van der Waals surface area (Å²) in [6.45, 7) is 9.95. The first kappa shape index (κ1) is 17.7. The standard InChI is InChI=1S/C22H30N2O2/c1-6-24-17-10-8-7-9-16(17)22(19(24)26)21(20(3,4)14-23(22)5)12-11-15(2)13-18(21)25/h7-10,15H,6,11-14H2,1-5H3/t15-,21?,22?/m0/s1. The number of para-hydroxylation sites is 1. The van der Waals surface area contributed by atoms with Gasteiger partial charge in [0.05, 0.1) is 5.41 Å². The summed E-state index contributed by atoms with van der Waals surface area (Å²) in [5.74, 6) is 0.782. The monoisotopic (exact) mass is 354 g/mol. The minimum absolute atomic E-state index is 0.0946. The summed E-state index contributed by atoms with van der Waals surface area (Å²) in [5.41, 5.74) is 0.252. The summed E-state index contributed by atoms with van der Waals surface area (Å²) >= 11 is 0. The van der Waals surface area contributed by atoms with Crippen LogP contribution in [-0.4, -0.2) is 36.7 Å². The van der Waals surface area contributed by atoms with Crippen molar-refractivity contribution in [1.82, 2.24) is 4.90 Å². The zero-order valence-electron chi connectivity index (χ0n) is 16.6. The number of nitrogens with zero attached hydrogens (tertiary/aromatic N) is 2. The van der Waals surface area contributed by atoms with Crippen LogP contribution in [0.4, 0.5) is 5.69 Å². The molecule has 0 aromatic heterocycles. The Morgan fingerprint density at radius 3 is 2.54 bits per heavy atom. The maximum absolute atomic E-state index is 13.9. The number of fused-ring (bicyclic) bond motifs is 3. The fraction of sp³-hybridized carbons (Fsp3) is 0.636. The van der Waals surface area contributed by atoms with Gasteiger partial charge in [-0.15, -0.1) is 0 Å². The maximum Gasteiger partial charge on any atom is 0.253 e. The number of anilines is 1. The number of hydrogen-bond donors (Lipinski definition) is 0. The SMILES string of the molecule is CCN1C(=O)C2(c3ccccc31)N(C)CC(C)(C)C21CC[C@H](C)CC1=O. The van der Waals surface area contributed by atoms with E-state index in [1.807, 2.05) is 37.1 Å². The quantitative estimate of drug-likeness (QED) is 0.774. The van der Waals surface area contributed by atoms with Crippen LogP contribution in [0.15, 0.2) is 24.3 Å². The van der Waals surface area contributed by atoms with Gasteiger partial charge in [0.1, 0.15) is 11.3 Å². The smallest absolute Gasteiger partial charge is 0.253 e. The van der Waals surface area contributed by atoms with Crippen LogP contribution in [0.25, 0.3) is 0 Å². The molecule has 2 fully saturated rings. The Bertz CT molecular complexity index is 786. The average Bonchev–Trinajstić information content (AvgIpc) is 2.93. The van der Waals surface area contributed by atoms with Gasteiger partial charge in [-0.05, 0) is 44.2 Å². The summed E-state index contributed by atoms with van der Waals surface area (Å²) < 4.78 is 0. The topological polar surface area (TPSA) is 40.6 Å². The van der Waals surface area contributed by atoms with E-state index in [0.29, 0.717) is 18.9 Å². The lowest BCUT2D eigenvalue weighted by molar-refractivity contribution is -0.155. The average molecular weight is 354 g/mol. The van der Waals surface area contributed by atoms with Crippen molar-refractivity contribution in [2.75, 3.05) is 25.0 Å².